The van der Waals surface area contributed by atoms with E-state index in [1.54, 1.807) is 25.3 Å². The molecule has 3 aromatic rings. The van der Waals surface area contributed by atoms with Gasteiger partial charge < -0.3 is 19.7 Å². The van der Waals surface area contributed by atoms with Crippen molar-refractivity contribution < 1.29 is 27.6 Å². The highest BCUT2D eigenvalue weighted by molar-refractivity contribution is 9.10. The number of nitro groups is 1. The number of aryl methyl sites for hydroxylation is 2. The highest BCUT2D eigenvalue weighted by Gasteiger charge is 2.48. The molecule has 3 aliphatic rings. The maximum atomic E-state index is 12.8. The van der Waals surface area contributed by atoms with Gasteiger partial charge in [-0.3, -0.25) is 25.3 Å². The van der Waals surface area contributed by atoms with Crippen LogP contribution in [-0.2, 0) is 14.6 Å². The van der Waals surface area contributed by atoms with Crippen molar-refractivity contribution in [3.63, 3.8) is 0 Å². The van der Waals surface area contributed by atoms with Gasteiger partial charge in [-0.15, -0.1) is 0 Å². The molecule has 3 heterocycles. The minimum Gasteiger partial charge on any atom is -0.489 e. The van der Waals surface area contributed by atoms with Crippen LogP contribution in [0.1, 0.15) is 82.0 Å². The average Bonchev–Trinajstić information content (AvgIpc) is 3.70. The van der Waals surface area contributed by atoms with Crippen molar-refractivity contribution in [3.8, 4) is 5.75 Å². The minimum absolute atomic E-state index is 0.0697. The van der Waals surface area contributed by atoms with Gasteiger partial charge >= 0.3 is 6.03 Å². The molecule has 1 aromatic heterocycles. The number of benzene rings is 2. The summed E-state index contributed by atoms with van der Waals surface area (Å²) in [5.74, 6) is 1.46. The summed E-state index contributed by atoms with van der Waals surface area (Å²) in [4.78, 5) is 37.5. The van der Waals surface area contributed by atoms with Crippen LogP contribution in [0.5, 0.6) is 5.75 Å². The maximum absolute atomic E-state index is 12.8. The zero-order valence-electron chi connectivity index (χ0n) is 34.8. The highest BCUT2D eigenvalue weighted by Crippen LogP contribution is 2.53. The molecule has 4 atom stereocenters. The summed E-state index contributed by atoms with van der Waals surface area (Å²) in [6.07, 6.45) is 12.9. The number of nitrogens with zero attached hydrogens (tertiary/aromatic N) is 5. The number of non-ortho nitro benzene ring substituents is 1. The third-order valence-corrected chi connectivity index (χ3v) is 14.5. The fourth-order valence-electron chi connectivity index (χ4n) is 8.71. The van der Waals surface area contributed by atoms with Crippen LogP contribution in [0.4, 0.5) is 27.7 Å². The van der Waals surface area contributed by atoms with Gasteiger partial charge in [-0.1, -0.05) is 61.7 Å². The molecular weight excluding hydrogens is 838 g/mol. The molecule has 2 aliphatic heterocycles. The largest absolute Gasteiger partial charge is 0.489 e. The molecule has 1 saturated heterocycles. The van der Waals surface area contributed by atoms with Crippen molar-refractivity contribution in [2.45, 2.75) is 91.2 Å². The van der Waals surface area contributed by atoms with Crippen LogP contribution in [0.2, 0.25) is 0 Å². The highest BCUT2D eigenvalue weighted by atomic mass is 79.9. The van der Waals surface area contributed by atoms with Gasteiger partial charge in [0, 0.05) is 59.6 Å². The van der Waals surface area contributed by atoms with Gasteiger partial charge in [0.2, 0.25) is 0 Å². The number of carbonyl (C=O) groups excluding carboxylic acids is 1. The summed E-state index contributed by atoms with van der Waals surface area (Å²) >= 11 is 3.56. The third kappa shape index (κ3) is 11.4. The Labute approximate surface area is 356 Å². The number of aromatic nitrogens is 2. The lowest BCUT2D eigenvalue weighted by Gasteiger charge is -2.52. The van der Waals surface area contributed by atoms with Gasteiger partial charge in [0.15, 0.2) is 5.82 Å². The number of sulfone groups is 1. The molecule has 0 radical (unpaired) electrons. The number of fused-ring (bicyclic) bond motifs is 3. The molecule has 2 N–H and O–H groups in total. The molecule has 14 nitrogen and oxygen atoms in total. The van der Waals surface area contributed by atoms with E-state index in [0.29, 0.717) is 36.9 Å². The summed E-state index contributed by atoms with van der Waals surface area (Å²) in [5.41, 5.74) is 4.07. The van der Waals surface area contributed by atoms with Crippen molar-refractivity contribution in [1.29, 1.82) is 0 Å². The molecule has 6 rings (SSSR count). The number of urea groups is 1. The first kappa shape index (κ1) is 44.4. The standard InChI is InChI=1S/C43H58BrN7O7S/c1-6-59(55,56)21-16-43(4,5)41-34-13-11-12-33(34)35-23-31(51(53)54)14-15-38(35)50(41)18-10-8-7-9-17-49-19-20-57-32(27-49)28-58-39-22-29(2)36(44)24-37(39)47-42(52)48-40-26-45-30(3)25-46-40/h11-12,14-15,22-26,32-34,41H,6-10,13,16-21,27-28H2,1-5H3,(H2,46,47,48,52)/t32-,33?,34?,41?/m0/s1. The lowest BCUT2D eigenvalue weighted by atomic mass is 9.67. The number of amides is 2. The van der Waals surface area contributed by atoms with E-state index >= 15 is 0 Å². The predicted octanol–water partition coefficient (Wildman–Crippen LogP) is 8.45. The third-order valence-electron chi connectivity index (χ3n) is 11.9. The number of hydrogen-bond donors (Lipinski definition) is 2. The summed E-state index contributed by atoms with van der Waals surface area (Å²) in [6, 6.07) is 8.61. The molecule has 59 heavy (non-hydrogen) atoms. The molecule has 0 spiro atoms. The van der Waals surface area contributed by atoms with E-state index < -0.39 is 15.9 Å². The fourth-order valence-corrected chi connectivity index (χ4v) is 10.2. The lowest BCUT2D eigenvalue weighted by Crippen LogP contribution is -2.54. The van der Waals surface area contributed by atoms with Crippen LogP contribution >= 0.6 is 15.9 Å². The number of unbranched alkanes of at least 4 members (excludes halogenated alkanes) is 3. The summed E-state index contributed by atoms with van der Waals surface area (Å²) in [5, 5.41) is 17.4. The van der Waals surface area contributed by atoms with Crippen LogP contribution in [0.3, 0.4) is 0 Å². The van der Waals surface area contributed by atoms with Crippen LogP contribution in [0.15, 0.2) is 59.4 Å². The van der Waals surface area contributed by atoms with Crippen molar-refractivity contribution in [1.82, 2.24) is 14.9 Å². The predicted molar refractivity (Wildman–Crippen MR) is 235 cm³/mol. The van der Waals surface area contributed by atoms with Gasteiger partial charge in [0.05, 0.1) is 41.1 Å². The quantitative estimate of drug-likeness (QED) is 0.0544. The van der Waals surface area contributed by atoms with Gasteiger partial charge in [-0.05, 0) is 86.7 Å². The number of nitro benzene ring substituents is 1. The Bertz CT molecular complexity index is 2100. The molecular formula is C43H58BrN7O7S. The Morgan fingerprint density at radius 2 is 1.86 bits per heavy atom. The Morgan fingerprint density at radius 3 is 2.59 bits per heavy atom. The molecule has 320 valence electrons. The van der Waals surface area contributed by atoms with Crippen molar-refractivity contribution in [2.24, 2.45) is 11.3 Å². The van der Waals surface area contributed by atoms with E-state index in [4.69, 9.17) is 9.47 Å². The van der Waals surface area contributed by atoms with Gasteiger partial charge in [0.25, 0.3) is 5.69 Å². The SMILES string of the molecule is CCS(=O)(=O)CCC(C)(C)C1C2CC=CC2c2cc([N+](=O)[O-])ccc2N1CCCCCCN1CCO[C@H](COc2cc(C)c(Br)cc2NC(=O)Nc2cnc(C)cn2)C1. The number of anilines is 3. The van der Waals surface area contributed by atoms with E-state index in [1.165, 1.54) is 6.20 Å². The first-order chi connectivity index (χ1) is 28.1. The average molecular weight is 897 g/mol. The first-order valence-corrected chi connectivity index (χ1v) is 23.3. The summed E-state index contributed by atoms with van der Waals surface area (Å²) in [7, 11) is -3.13. The second kappa shape index (κ2) is 19.5. The number of allylic oxidation sites excluding steroid dienone is 2. The van der Waals surface area contributed by atoms with E-state index in [0.717, 1.165) is 85.3 Å². The Balaban J connectivity index is 1.02. The lowest BCUT2D eigenvalue weighted by molar-refractivity contribution is -0.384. The zero-order chi connectivity index (χ0) is 42.3. The fraction of sp³-hybridized carbons (Fsp3) is 0.558. The number of morpholine rings is 1. The van der Waals surface area contributed by atoms with Gasteiger partial charge in [-0.2, -0.15) is 0 Å². The molecule has 1 fully saturated rings. The smallest absolute Gasteiger partial charge is 0.325 e. The monoisotopic (exact) mass is 895 g/mol. The summed E-state index contributed by atoms with van der Waals surface area (Å²) in [6.45, 7) is 14.2. The second-order valence-electron chi connectivity index (χ2n) is 16.7. The molecule has 16 heteroatoms. The Kier molecular flexibility index (Phi) is 14.7. The molecule has 0 bridgehead atoms. The molecule has 3 unspecified atom stereocenters. The van der Waals surface area contributed by atoms with Crippen LogP contribution < -0.4 is 20.3 Å². The minimum atomic E-state index is -3.13. The van der Waals surface area contributed by atoms with Crippen LogP contribution in [0, 0.1) is 35.3 Å². The molecule has 2 aromatic carbocycles. The van der Waals surface area contributed by atoms with Crippen molar-refractivity contribution in [2.75, 3.05) is 66.4 Å². The number of ether oxygens (including phenoxy) is 2. The first-order valence-electron chi connectivity index (χ1n) is 20.7. The molecule has 0 saturated carbocycles. The zero-order valence-corrected chi connectivity index (χ0v) is 37.2. The molecule has 2 amide bonds. The Hall–Kier alpha value is -4.12. The van der Waals surface area contributed by atoms with E-state index in [2.05, 4.69) is 72.3 Å². The number of carbonyl (C=O) groups is 1. The topological polar surface area (TPSA) is 169 Å². The van der Waals surface area contributed by atoms with Crippen LogP contribution in [-0.4, -0.2) is 97.3 Å². The van der Waals surface area contributed by atoms with Gasteiger partial charge in [0.1, 0.15) is 28.3 Å². The maximum Gasteiger partial charge on any atom is 0.325 e. The van der Waals surface area contributed by atoms with Crippen LogP contribution in [0.25, 0.3) is 0 Å². The number of halogens is 1. The van der Waals surface area contributed by atoms with E-state index in [9.17, 15) is 23.3 Å². The van der Waals surface area contributed by atoms with Gasteiger partial charge in [-0.25, -0.2) is 18.2 Å². The molecule has 1 aliphatic carbocycles. The Morgan fingerprint density at radius 1 is 1.08 bits per heavy atom. The number of rotatable bonds is 18. The summed E-state index contributed by atoms with van der Waals surface area (Å²) < 4.78 is 38.5. The van der Waals surface area contributed by atoms with Crippen molar-refractivity contribution in [3.05, 3.63) is 86.3 Å². The second-order valence-corrected chi connectivity index (χ2v) is 20.0. The normalized spacial score (nSPS) is 20.5. The number of hydrogen-bond acceptors (Lipinski definition) is 11. The van der Waals surface area contributed by atoms with Crippen molar-refractivity contribution >= 4 is 54.7 Å². The van der Waals surface area contributed by atoms with E-state index in [1.807, 2.05) is 32.0 Å². The van der Waals surface area contributed by atoms with E-state index in [-0.39, 0.29) is 51.5 Å². The number of nitrogens with one attached hydrogen (secondary N) is 2.